The number of amides is 4. The van der Waals surface area contributed by atoms with Crippen molar-refractivity contribution < 1.29 is 23.9 Å². The first-order chi connectivity index (χ1) is 13.9. The van der Waals surface area contributed by atoms with Crippen molar-refractivity contribution in [2.24, 2.45) is 5.92 Å². The van der Waals surface area contributed by atoms with E-state index in [4.69, 9.17) is 9.47 Å². The van der Waals surface area contributed by atoms with Crippen LogP contribution in [0.4, 0.5) is 10.5 Å². The molecule has 29 heavy (non-hydrogen) atoms. The van der Waals surface area contributed by atoms with E-state index < -0.39 is 6.03 Å². The summed E-state index contributed by atoms with van der Waals surface area (Å²) < 4.78 is 10.9. The normalized spacial score (nSPS) is 18.6. The van der Waals surface area contributed by atoms with Gasteiger partial charge in [-0.25, -0.2) is 4.79 Å². The average Bonchev–Trinajstić information content (AvgIpc) is 2.71. The molecule has 2 aliphatic rings. The summed E-state index contributed by atoms with van der Waals surface area (Å²) in [6.45, 7) is 2.97. The molecule has 0 aliphatic carbocycles. The first kappa shape index (κ1) is 20.9. The zero-order valence-electron chi connectivity index (χ0n) is 16.9. The Kier molecular flexibility index (Phi) is 6.92. The summed E-state index contributed by atoms with van der Waals surface area (Å²) in [5.41, 5.74) is 0.514. The van der Waals surface area contributed by atoms with Gasteiger partial charge in [0.25, 0.3) is 0 Å². The van der Waals surface area contributed by atoms with Crippen molar-refractivity contribution in [3.8, 4) is 11.5 Å². The van der Waals surface area contributed by atoms with Crippen LogP contribution in [0.5, 0.6) is 11.5 Å². The van der Waals surface area contributed by atoms with E-state index in [1.165, 1.54) is 0 Å². The molecule has 9 nitrogen and oxygen atoms in total. The minimum Gasteiger partial charge on any atom is -0.486 e. The molecule has 2 aliphatic heterocycles. The Bertz CT molecular complexity index is 767. The van der Waals surface area contributed by atoms with E-state index in [1.807, 2.05) is 0 Å². The second kappa shape index (κ2) is 9.60. The Morgan fingerprint density at radius 1 is 1.17 bits per heavy atom. The molecule has 2 N–H and O–H groups in total. The highest BCUT2D eigenvalue weighted by Crippen LogP contribution is 2.32. The average molecular weight is 404 g/mol. The number of urea groups is 1. The van der Waals surface area contributed by atoms with Crippen LogP contribution in [0.25, 0.3) is 0 Å². The van der Waals surface area contributed by atoms with Crippen LogP contribution in [-0.4, -0.2) is 74.6 Å². The van der Waals surface area contributed by atoms with Crippen LogP contribution in [0.1, 0.15) is 19.3 Å². The molecule has 0 aromatic heterocycles. The van der Waals surface area contributed by atoms with Crippen LogP contribution in [-0.2, 0) is 9.59 Å². The van der Waals surface area contributed by atoms with Gasteiger partial charge >= 0.3 is 6.03 Å². The molecular formula is C20H28N4O5. The van der Waals surface area contributed by atoms with E-state index >= 15 is 0 Å². The van der Waals surface area contributed by atoms with Gasteiger partial charge in [-0.1, -0.05) is 0 Å². The number of hydrogen-bond donors (Lipinski definition) is 2. The molecule has 9 heteroatoms. The number of rotatable bonds is 5. The van der Waals surface area contributed by atoms with Crippen molar-refractivity contribution in [1.82, 2.24) is 15.1 Å². The van der Waals surface area contributed by atoms with E-state index in [-0.39, 0.29) is 24.2 Å². The predicted molar refractivity (Wildman–Crippen MR) is 107 cm³/mol. The number of nitrogens with one attached hydrogen (secondary N) is 2. The number of piperidine rings is 1. The highest BCUT2D eigenvalue weighted by atomic mass is 16.6. The second-order valence-corrected chi connectivity index (χ2v) is 7.48. The number of benzene rings is 1. The Labute approximate surface area is 170 Å². The highest BCUT2D eigenvalue weighted by molar-refractivity contribution is 6.01. The maximum absolute atomic E-state index is 12.1. The number of imide groups is 1. The number of carbonyl (C=O) groups is 3. The first-order valence-electron chi connectivity index (χ1n) is 9.86. The number of anilines is 1. The number of hydrogen-bond acceptors (Lipinski definition) is 6. The molecule has 1 saturated heterocycles. The lowest BCUT2D eigenvalue weighted by molar-refractivity contribution is -0.134. The molecule has 1 fully saturated rings. The summed E-state index contributed by atoms with van der Waals surface area (Å²) in [5.74, 6) is 0.928. The lowest BCUT2D eigenvalue weighted by atomic mass is 9.96. The lowest BCUT2D eigenvalue weighted by Gasteiger charge is -2.33. The topological polar surface area (TPSA) is 100 Å². The van der Waals surface area contributed by atoms with Crippen molar-refractivity contribution in [3.63, 3.8) is 0 Å². The Morgan fingerprint density at radius 3 is 2.69 bits per heavy atom. The lowest BCUT2D eigenvalue weighted by Crippen LogP contribution is -2.44. The van der Waals surface area contributed by atoms with Crippen LogP contribution < -0.4 is 20.1 Å². The minimum absolute atomic E-state index is 0.0275. The molecule has 0 saturated carbocycles. The molecule has 0 bridgehead atoms. The molecule has 2 heterocycles. The number of nitrogens with zero attached hydrogens (tertiary/aromatic N) is 2. The maximum Gasteiger partial charge on any atom is 0.325 e. The van der Waals surface area contributed by atoms with Crippen LogP contribution in [0.15, 0.2) is 18.2 Å². The fourth-order valence-electron chi connectivity index (χ4n) is 3.56. The summed E-state index contributed by atoms with van der Waals surface area (Å²) in [6, 6.07) is 4.47. The molecule has 4 amide bonds. The summed E-state index contributed by atoms with van der Waals surface area (Å²) >= 11 is 0. The van der Waals surface area contributed by atoms with Gasteiger partial charge in [0, 0.05) is 45.4 Å². The molecule has 1 atom stereocenters. The van der Waals surface area contributed by atoms with E-state index in [0.717, 1.165) is 19.4 Å². The maximum atomic E-state index is 12.1. The van der Waals surface area contributed by atoms with Gasteiger partial charge in [0.2, 0.25) is 11.8 Å². The van der Waals surface area contributed by atoms with E-state index in [1.54, 1.807) is 37.2 Å². The van der Waals surface area contributed by atoms with E-state index in [9.17, 15) is 14.4 Å². The van der Waals surface area contributed by atoms with E-state index in [2.05, 4.69) is 15.5 Å². The summed E-state index contributed by atoms with van der Waals surface area (Å²) in [5, 5.41) is 4.96. The van der Waals surface area contributed by atoms with Crippen molar-refractivity contribution in [2.75, 3.05) is 52.3 Å². The quantitative estimate of drug-likeness (QED) is 0.767. The Morgan fingerprint density at radius 2 is 1.93 bits per heavy atom. The minimum atomic E-state index is -0.592. The molecule has 0 radical (unpaired) electrons. The van der Waals surface area contributed by atoms with Crippen molar-refractivity contribution in [2.45, 2.75) is 19.3 Å². The van der Waals surface area contributed by atoms with Crippen LogP contribution in [0.2, 0.25) is 0 Å². The molecule has 1 aromatic carbocycles. The smallest absolute Gasteiger partial charge is 0.325 e. The van der Waals surface area contributed by atoms with Crippen LogP contribution in [0, 0.1) is 5.92 Å². The van der Waals surface area contributed by atoms with Gasteiger partial charge in [-0.2, -0.15) is 0 Å². The number of ether oxygens (including phenoxy) is 2. The Balaban J connectivity index is 1.42. The standard InChI is InChI=1S/C20H28N4O5/c1-23(2)19(26)14-4-3-8-24(13-14)9-7-18(25)22-20(27)21-15-5-6-16-17(12-15)29-11-10-28-16/h5-6,12,14H,3-4,7-11,13H2,1-2H3,(H2,21,22,25,27). The fourth-order valence-corrected chi connectivity index (χ4v) is 3.56. The van der Waals surface area contributed by atoms with Gasteiger partial charge < -0.3 is 24.6 Å². The highest BCUT2D eigenvalue weighted by Gasteiger charge is 2.27. The third kappa shape index (κ3) is 5.83. The third-order valence-electron chi connectivity index (χ3n) is 5.00. The molecule has 1 aromatic rings. The number of fused-ring (bicyclic) bond motifs is 1. The monoisotopic (exact) mass is 404 g/mol. The van der Waals surface area contributed by atoms with Gasteiger partial charge in [-0.15, -0.1) is 0 Å². The van der Waals surface area contributed by atoms with Crippen molar-refractivity contribution in [3.05, 3.63) is 18.2 Å². The zero-order valence-corrected chi connectivity index (χ0v) is 16.9. The summed E-state index contributed by atoms with van der Waals surface area (Å²) in [7, 11) is 3.52. The Hall–Kier alpha value is -2.81. The summed E-state index contributed by atoms with van der Waals surface area (Å²) in [4.78, 5) is 40.1. The predicted octanol–water partition coefficient (Wildman–Crippen LogP) is 1.30. The molecule has 158 valence electrons. The van der Waals surface area contributed by atoms with Crippen molar-refractivity contribution >= 4 is 23.5 Å². The second-order valence-electron chi connectivity index (χ2n) is 7.48. The van der Waals surface area contributed by atoms with Gasteiger partial charge in [-0.05, 0) is 31.5 Å². The molecule has 0 spiro atoms. The zero-order chi connectivity index (χ0) is 20.8. The first-order valence-corrected chi connectivity index (χ1v) is 9.86. The molecule has 1 unspecified atom stereocenters. The van der Waals surface area contributed by atoms with Gasteiger partial charge in [0.15, 0.2) is 11.5 Å². The van der Waals surface area contributed by atoms with Crippen molar-refractivity contribution in [1.29, 1.82) is 0 Å². The molecule has 3 rings (SSSR count). The van der Waals surface area contributed by atoms with Crippen LogP contribution in [0.3, 0.4) is 0 Å². The fraction of sp³-hybridized carbons (Fsp3) is 0.550. The van der Waals surface area contributed by atoms with Gasteiger partial charge in [0.1, 0.15) is 13.2 Å². The SMILES string of the molecule is CN(C)C(=O)C1CCCN(CCC(=O)NC(=O)Nc2ccc3c(c2)OCCO3)C1. The molecular weight excluding hydrogens is 376 g/mol. The van der Waals surface area contributed by atoms with Gasteiger partial charge in [-0.3, -0.25) is 14.9 Å². The summed E-state index contributed by atoms with van der Waals surface area (Å²) in [6.07, 6.45) is 1.99. The largest absolute Gasteiger partial charge is 0.486 e. The number of likely N-dealkylation sites (tertiary alicyclic amines) is 1. The van der Waals surface area contributed by atoms with E-state index in [0.29, 0.717) is 43.5 Å². The van der Waals surface area contributed by atoms with Crippen LogP contribution >= 0.6 is 0 Å². The van der Waals surface area contributed by atoms with Gasteiger partial charge in [0.05, 0.1) is 5.92 Å². The number of carbonyl (C=O) groups excluding carboxylic acids is 3. The third-order valence-corrected chi connectivity index (χ3v) is 5.00.